The maximum atomic E-state index is 11.8. The van der Waals surface area contributed by atoms with Crippen molar-refractivity contribution >= 4 is 11.9 Å². The summed E-state index contributed by atoms with van der Waals surface area (Å²) >= 11 is 0. The number of ether oxygens (including phenoxy) is 3. The van der Waals surface area contributed by atoms with Crippen LogP contribution >= 0.6 is 0 Å². The molecule has 0 aliphatic rings. The fourth-order valence-electron chi connectivity index (χ4n) is 1.41. The molecule has 0 aliphatic carbocycles. The van der Waals surface area contributed by atoms with Gasteiger partial charge in [0.15, 0.2) is 11.5 Å². The summed E-state index contributed by atoms with van der Waals surface area (Å²) in [6, 6.07) is 4.79. The number of nitrogens with one attached hydrogen (secondary N) is 1. The van der Waals surface area contributed by atoms with Crippen molar-refractivity contribution < 1.29 is 23.8 Å². The van der Waals surface area contributed by atoms with Crippen molar-refractivity contribution in [3.8, 4) is 11.5 Å². The predicted molar refractivity (Wildman–Crippen MR) is 68.5 cm³/mol. The molecule has 1 rings (SSSR count). The standard InChI is InChI=1S/C13H17NO5/c1-4-19-11-7-9(5-6-10(11)17-2)13(16)14-8-12(15)18-3/h5-7H,4,8H2,1-3H3,(H,14,16). The molecule has 6 nitrogen and oxygen atoms in total. The fraction of sp³-hybridized carbons (Fsp3) is 0.385. The van der Waals surface area contributed by atoms with Gasteiger partial charge in [-0.2, -0.15) is 0 Å². The summed E-state index contributed by atoms with van der Waals surface area (Å²) in [5.74, 6) is 0.142. The normalized spacial score (nSPS) is 9.63. The van der Waals surface area contributed by atoms with Crippen molar-refractivity contribution in [3.05, 3.63) is 23.8 Å². The van der Waals surface area contributed by atoms with Gasteiger partial charge in [0, 0.05) is 5.56 Å². The number of carbonyl (C=O) groups is 2. The van der Waals surface area contributed by atoms with Crippen LogP contribution in [0.25, 0.3) is 0 Å². The van der Waals surface area contributed by atoms with Crippen molar-refractivity contribution in [1.29, 1.82) is 0 Å². The molecule has 0 saturated heterocycles. The smallest absolute Gasteiger partial charge is 0.325 e. The van der Waals surface area contributed by atoms with Crippen molar-refractivity contribution in [1.82, 2.24) is 5.32 Å². The fourth-order valence-corrected chi connectivity index (χ4v) is 1.41. The molecule has 1 aromatic rings. The zero-order valence-corrected chi connectivity index (χ0v) is 11.2. The van der Waals surface area contributed by atoms with Crippen molar-refractivity contribution in [2.24, 2.45) is 0 Å². The molecular formula is C13H17NO5. The molecule has 0 radical (unpaired) electrons. The van der Waals surface area contributed by atoms with E-state index in [1.54, 1.807) is 18.2 Å². The highest BCUT2D eigenvalue weighted by Crippen LogP contribution is 2.27. The molecule has 1 N–H and O–H groups in total. The molecule has 0 saturated carbocycles. The van der Waals surface area contributed by atoms with E-state index in [4.69, 9.17) is 9.47 Å². The van der Waals surface area contributed by atoms with E-state index in [9.17, 15) is 9.59 Å². The lowest BCUT2D eigenvalue weighted by Crippen LogP contribution is -2.30. The zero-order chi connectivity index (χ0) is 14.3. The molecule has 6 heteroatoms. The average molecular weight is 267 g/mol. The van der Waals surface area contributed by atoms with Crippen LogP contribution < -0.4 is 14.8 Å². The molecule has 19 heavy (non-hydrogen) atoms. The Morgan fingerprint density at radius 2 is 1.95 bits per heavy atom. The molecule has 0 unspecified atom stereocenters. The van der Waals surface area contributed by atoms with Crippen LogP contribution in [-0.2, 0) is 9.53 Å². The van der Waals surface area contributed by atoms with Gasteiger partial charge in [-0.05, 0) is 25.1 Å². The van der Waals surface area contributed by atoms with E-state index in [0.717, 1.165) is 0 Å². The molecule has 1 aromatic carbocycles. The summed E-state index contributed by atoms with van der Waals surface area (Å²) in [4.78, 5) is 22.7. The van der Waals surface area contributed by atoms with Gasteiger partial charge in [-0.3, -0.25) is 9.59 Å². The minimum Gasteiger partial charge on any atom is -0.493 e. The lowest BCUT2D eigenvalue weighted by Gasteiger charge is -2.11. The maximum Gasteiger partial charge on any atom is 0.325 e. The number of methoxy groups -OCH3 is 2. The first kappa shape index (κ1) is 14.8. The second kappa shape index (κ2) is 7.25. The van der Waals surface area contributed by atoms with Gasteiger partial charge in [-0.15, -0.1) is 0 Å². The molecule has 0 heterocycles. The summed E-state index contributed by atoms with van der Waals surface area (Å²) in [6.07, 6.45) is 0. The molecule has 0 aromatic heterocycles. The molecule has 0 atom stereocenters. The second-order valence-corrected chi connectivity index (χ2v) is 3.56. The summed E-state index contributed by atoms with van der Waals surface area (Å²) in [6.45, 7) is 2.12. The first-order valence-corrected chi connectivity index (χ1v) is 5.78. The van der Waals surface area contributed by atoms with E-state index in [1.807, 2.05) is 6.92 Å². The Balaban J connectivity index is 2.80. The minimum atomic E-state index is -0.508. The molecule has 0 spiro atoms. The van der Waals surface area contributed by atoms with Crippen molar-refractivity contribution in [2.45, 2.75) is 6.92 Å². The number of hydrogen-bond donors (Lipinski definition) is 1. The lowest BCUT2D eigenvalue weighted by molar-refractivity contribution is -0.139. The van der Waals surface area contributed by atoms with Gasteiger partial charge in [0.05, 0.1) is 20.8 Å². The number of carbonyl (C=O) groups excluding carboxylic acids is 2. The molecule has 104 valence electrons. The Morgan fingerprint density at radius 3 is 2.53 bits per heavy atom. The first-order chi connectivity index (χ1) is 9.12. The van der Waals surface area contributed by atoms with Crippen LogP contribution in [0, 0.1) is 0 Å². The van der Waals surface area contributed by atoms with Gasteiger partial charge < -0.3 is 19.5 Å². The van der Waals surface area contributed by atoms with Gasteiger partial charge in [-0.1, -0.05) is 0 Å². The highest BCUT2D eigenvalue weighted by atomic mass is 16.5. The number of benzene rings is 1. The summed E-state index contributed by atoms with van der Waals surface area (Å²) < 4.78 is 14.9. The van der Waals surface area contributed by atoms with E-state index < -0.39 is 5.97 Å². The van der Waals surface area contributed by atoms with E-state index in [1.165, 1.54) is 14.2 Å². The monoisotopic (exact) mass is 267 g/mol. The third-order valence-corrected chi connectivity index (χ3v) is 2.35. The van der Waals surface area contributed by atoms with Gasteiger partial charge in [-0.25, -0.2) is 0 Å². The van der Waals surface area contributed by atoms with Crippen LogP contribution in [0.1, 0.15) is 17.3 Å². The second-order valence-electron chi connectivity index (χ2n) is 3.56. The number of rotatable bonds is 6. The van der Waals surface area contributed by atoms with Crippen LogP contribution in [-0.4, -0.2) is 39.2 Å². The van der Waals surface area contributed by atoms with E-state index in [0.29, 0.717) is 23.7 Å². The third-order valence-electron chi connectivity index (χ3n) is 2.35. The largest absolute Gasteiger partial charge is 0.493 e. The number of hydrogen-bond acceptors (Lipinski definition) is 5. The summed E-state index contributed by atoms with van der Waals surface area (Å²) in [5, 5.41) is 2.45. The minimum absolute atomic E-state index is 0.175. The predicted octanol–water partition coefficient (Wildman–Crippen LogP) is 0.997. The lowest BCUT2D eigenvalue weighted by atomic mass is 10.2. The van der Waals surface area contributed by atoms with E-state index >= 15 is 0 Å². The van der Waals surface area contributed by atoms with Crippen LogP contribution in [0.15, 0.2) is 18.2 Å². The highest BCUT2D eigenvalue weighted by Gasteiger charge is 2.12. The van der Waals surface area contributed by atoms with Crippen molar-refractivity contribution in [3.63, 3.8) is 0 Å². The van der Waals surface area contributed by atoms with Crippen LogP contribution in [0.5, 0.6) is 11.5 Å². The quantitative estimate of drug-likeness (QED) is 0.778. The highest BCUT2D eigenvalue weighted by molar-refractivity contribution is 5.96. The Labute approximate surface area is 111 Å². The average Bonchev–Trinajstić information content (AvgIpc) is 2.44. The van der Waals surface area contributed by atoms with Crippen molar-refractivity contribution in [2.75, 3.05) is 27.4 Å². The Hall–Kier alpha value is -2.24. The number of amides is 1. The van der Waals surface area contributed by atoms with E-state index in [-0.39, 0.29) is 12.5 Å². The Morgan fingerprint density at radius 1 is 1.21 bits per heavy atom. The first-order valence-electron chi connectivity index (χ1n) is 5.78. The van der Waals surface area contributed by atoms with Gasteiger partial charge >= 0.3 is 5.97 Å². The van der Waals surface area contributed by atoms with Crippen LogP contribution in [0.3, 0.4) is 0 Å². The summed E-state index contributed by atoms with van der Waals surface area (Å²) in [7, 11) is 2.78. The Kier molecular flexibility index (Phi) is 5.66. The zero-order valence-electron chi connectivity index (χ0n) is 11.2. The molecular weight excluding hydrogens is 250 g/mol. The van der Waals surface area contributed by atoms with Gasteiger partial charge in [0.1, 0.15) is 6.54 Å². The number of esters is 1. The van der Waals surface area contributed by atoms with Gasteiger partial charge in [0.25, 0.3) is 5.91 Å². The molecule has 0 aliphatic heterocycles. The Bertz CT molecular complexity index is 458. The summed E-state index contributed by atoms with van der Waals surface area (Å²) in [5.41, 5.74) is 0.383. The molecule has 1 amide bonds. The molecule has 0 fully saturated rings. The van der Waals surface area contributed by atoms with Gasteiger partial charge in [0.2, 0.25) is 0 Å². The maximum absolute atomic E-state index is 11.8. The van der Waals surface area contributed by atoms with E-state index in [2.05, 4.69) is 10.1 Å². The topological polar surface area (TPSA) is 73.9 Å². The molecule has 0 bridgehead atoms. The SMILES string of the molecule is CCOc1cc(C(=O)NCC(=O)OC)ccc1OC. The van der Waals surface area contributed by atoms with Crippen LogP contribution in [0.4, 0.5) is 0 Å². The third kappa shape index (κ3) is 4.17. The van der Waals surface area contributed by atoms with Crippen LogP contribution in [0.2, 0.25) is 0 Å².